The Bertz CT molecular complexity index is 418. The summed E-state index contributed by atoms with van der Waals surface area (Å²) in [5.74, 6) is -1.11. The molecular formula is C16H26N2O4. The number of amides is 2. The summed E-state index contributed by atoms with van der Waals surface area (Å²) in [5.41, 5.74) is 0. The summed E-state index contributed by atoms with van der Waals surface area (Å²) in [6, 6.07) is 0. The van der Waals surface area contributed by atoms with Gasteiger partial charge in [0.15, 0.2) is 0 Å². The number of hydrogen-bond acceptors (Lipinski definition) is 3. The number of carbonyl (C=O) groups is 3. The van der Waals surface area contributed by atoms with Gasteiger partial charge in [0.2, 0.25) is 11.8 Å². The van der Waals surface area contributed by atoms with E-state index in [-0.39, 0.29) is 24.9 Å². The first kappa shape index (κ1) is 16.8. The van der Waals surface area contributed by atoms with Crippen LogP contribution in [0.5, 0.6) is 0 Å². The van der Waals surface area contributed by atoms with Crippen LogP contribution in [-0.2, 0) is 14.4 Å². The molecule has 0 radical (unpaired) electrons. The maximum atomic E-state index is 12.1. The molecule has 6 heteroatoms. The van der Waals surface area contributed by atoms with E-state index in [9.17, 15) is 14.4 Å². The van der Waals surface area contributed by atoms with E-state index in [0.29, 0.717) is 31.7 Å². The molecule has 2 N–H and O–H groups in total. The van der Waals surface area contributed by atoms with Crippen LogP contribution in [-0.4, -0.2) is 47.4 Å². The highest BCUT2D eigenvalue weighted by Crippen LogP contribution is 2.26. The Kier molecular flexibility index (Phi) is 6.21. The van der Waals surface area contributed by atoms with Crippen molar-refractivity contribution < 1.29 is 19.5 Å². The van der Waals surface area contributed by atoms with Crippen molar-refractivity contribution in [3.63, 3.8) is 0 Å². The van der Waals surface area contributed by atoms with Crippen LogP contribution in [0.15, 0.2) is 0 Å². The number of carboxylic acids is 1. The van der Waals surface area contributed by atoms with Gasteiger partial charge >= 0.3 is 5.97 Å². The Morgan fingerprint density at radius 3 is 2.45 bits per heavy atom. The van der Waals surface area contributed by atoms with E-state index in [2.05, 4.69) is 5.32 Å². The van der Waals surface area contributed by atoms with Crippen LogP contribution in [0.2, 0.25) is 0 Å². The third-order valence-corrected chi connectivity index (χ3v) is 4.76. The van der Waals surface area contributed by atoms with Crippen molar-refractivity contribution in [2.45, 2.75) is 51.4 Å². The standard InChI is InChI=1S/C16H26N2O4/c19-14(9-12-5-2-1-3-6-12)17-10-15(20)18-8-4-7-13(11-18)16(21)22/h12-13H,1-11H2,(H,17,19)(H,21,22)/t13-/m0/s1. The Labute approximate surface area is 131 Å². The van der Waals surface area contributed by atoms with Crippen molar-refractivity contribution in [1.29, 1.82) is 0 Å². The molecule has 0 aromatic rings. The molecule has 2 aliphatic rings. The molecule has 0 unspecified atom stereocenters. The molecule has 0 bridgehead atoms. The molecule has 0 aromatic carbocycles. The van der Waals surface area contributed by atoms with Crippen LogP contribution in [0.25, 0.3) is 0 Å². The lowest BCUT2D eigenvalue weighted by Crippen LogP contribution is -2.46. The predicted molar refractivity (Wildman–Crippen MR) is 81.1 cm³/mol. The predicted octanol–water partition coefficient (Wildman–Crippen LogP) is 1.40. The van der Waals surface area contributed by atoms with Gasteiger partial charge in [-0.2, -0.15) is 0 Å². The maximum Gasteiger partial charge on any atom is 0.308 e. The quantitative estimate of drug-likeness (QED) is 0.803. The summed E-state index contributed by atoms with van der Waals surface area (Å²) in [7, 11) is 0. The lowest BCUT2D eigenvalue weighted by atomic mass is 9.87. The van der Waals surface area contributed by atoms with Gasteiger partial charge in [-0.05, 0) is 31.6 Å². The van der Waals surface area contributed by atoms with Crippen LogP contribution in [0.1, 0.15) is 51.4 Å². The van der Waals surface area contributed by atoms with Crippen LogP contribution < -0.4 is 5.32 Å². The molecule has 6 nitrogen and oxygen atoms in total. The zero-order valence-corrected chi connectivity index (χ0v) is 13.1. The van der Waals surface area contributed by atoms with Gasteiger partial charge in [-0.25, -0.2) is 0 Å². The second-order valence-electron chi connectivity index (χ2n) is 6.50. The molecule has 1 heterocycles. The zero-order chi connectivity index (χ0) is 15.9. The number of hydrogen-bond donors (Lipinski definition) is 2. The van der Waals surface area contributed by atoms with E-state index >= 15 is 0 Å². The van der Waals surface area contributed by atoms with Gasteiger partial charge in [-0.3, -0.25) is 14.4 Å². The number of rotatable bonds is 5. The summed E-state index contributed by atoms with van der Waals surface area (Å²) < 4.78 is 0. The molecule has 1 saturated carbocycles. The fraction of sp³-hybridized carbons (Fsp3) is 0.812. The Hall–Kier alpha value is -1.59. The molecule has 2 amide bonds. The molecule has 1 aliphatic carbocycles. The van der Waals surface area contributed by atoms with Crippen molar-refractivity contribution in [1.82, 2.24) is 10.2 Å². The highest BCUT2D eigenvalue weighted by molar-refractivity contribution is 5.85. The first-order valence-electron chi connectivity index (χ1n) is 8.33. The van der Waals surface area contributed by atoms with Crippen molar-refractivity contribution in [2.75, 3.05) is 19.6 Å². The SMILES string of the molecule is O=C(CC1CCCCC1)NCC(=O)N1CCC[C@H](C(=O)O)C1. The van der Waals surface area contributed by atoms with Crippen molar-refractivity contribution in [3.8, 4) is 0 Å². The van der Waals surface area contributed by atoms with Gasteiger partial charge in [0.05, 0.1) is 12.5 Å². The van der Waals surface area contributed by atoms with Gasteiger partial charge in [-0.1, -0.05) is 19.3 Å². The Morgan fingerprint density at radius 2 is 1.77 bits per heavy atom. The average molecular weight is 310 g/mol. The van der Waals surface area contributed by atoms with Gasteiger partial charge in [0.25, 0.3) is 0 Å². The van der Waals surface area contributed by atoms with Crippen molar-refractivity contribution in [2.24, 2.45) is 11.8 Å². The number of nitrogens with one attached hydrogen (secondary N) is 1. The van der Waals surface area contributed by atoms with E-state index in [0.717, 1.165) is 12.8 Å². The van der Waals surface area contributed by atoms with E-state index in [1.165, 1.54) is 19.3 Å². The van der Waals surface area contributed by atoms with E-state index in [4.69, 9.17) is 5.11 Å². The fourth-order valence-corrected chi connectivity index (χ4v) is 3.42. The van der Waals surface area contributed by atoms with E-state index < -0.39 is 11.9 Å². The number of piperidine rings is 1. The molecule has 0 aromatic heterocycles. The molecule has 2 rings (SSSR count). The molecular weight excluding hydrogens is 284 g/mol. The largest absolute Gasteiger partial charge is 0.481 e. The third-order valence-electron chi connectivity index (χ3n) is 4.76. The number of likely N-dealkylation sites (tertiary alicyclic amines) is 1. The van der Waals surface area contributed by atoms with Gasteiger partial charge in [-0.15, -0.1) is 0 Å². The average Bonchev–Trinajstić information content (AvgIpc) is 2.53. The number of aliphatic carboxylic acids is 1. The lowest BCUT2D eigenvalue weighted by molar-refractivity contribution is -0.146. The second-order valence-corrected chi connectivity index (χ2v) is 6.50. The zero-order valence-electron chi connectivity index (χ0n) is 13.1. The lowest BCUT2D eigenvalue weighted by Gasteiger charge is -2.30. The molecule has 0 spiro atoms. The van der Waals surface area contributed by atoms with Crippen LogP contribution >= 0.6 is 0 Å². The number of carboxylic acid groups (broad SMARTS) is 1. The van der Waals surface area contributed by atoms with Crippen molar-refractivity contribution in [3.05, 3.63) is 0 Å². The van der Waals surface area contributed by atoms with Crippen LogP contribution in [0.4, 0.5) is 0 Å². The molecule has 22 heavy (non-hydrogen) atoms. The highest BCUT2D eigenvalue weighted by atomic mass is 16.4. The Morgan fingerprint density at radius 1 is 1.05 bits per heavy atom. The summed E-state index contributed by atoms with van der Waals surface area (Å²) in [6.07, 6.45) is 7.69. The van der Waals surface area contributed by atoms with Crippen LogP contribution in [0.3, 0.4) is 0 Å². The molecule has 1 aliphatic heterocycles. The van der Waals surface area contributed by atoms with E-state index in [1.54, 1.807) is 4.90 Å². The minimum Gasteiger partial charge on any atom is -0.481 e. The summed E-state index contributed by atoms with van der Waals surface area (Å²) in [6.45, 7) is 0.825. The van der Waals surface area contributed by atoms with Crippen molar-refractivity contribution >= 4 is 17.8 Å². The molecule has 1 atom stereocenters. The second kappa shape index (κ2) is 8.15. The summed E-state index contributed by atoms with van der Waals surface area (Å²) in [4.78, 5) is 36.5. The number of nitrogens with zero attached hydrogens (tertiary/aromatic N) is 1. The third kappa shape index (κ3) is 5.00. The van der Waals surface area contributed by atoms with E-state index in [1.807, 2.05) is 0 Å². The molecule has 1 saturated heterocycles. The summed E-state index contributed by atoms with van der Waals surface area (Å²) in [5, 5.41) is 11.7. The normalized spacial score (nSPS) is 23.1. The fourth-order valence-electron chi connectivity index (χ4n) is 3.42. The highest BCUT2D eigenvalue weighted by Gasteiger charge is 2.28. The van der Waals surface area contributed by atoms with Gasteiger partial charge < -0.3 is 15.3 Å². The smallest absolute Gasteiger partial charge is 0.308 e. The monoisotopic (exact) mass is 310 g/mol. The van der Waals surface area contributed by atoms with Crippen LogP contribution in [0, 0.1) is 11.8 Å². The molecule has 2 fully saturated rings. The molecule has 124 valence electrons. The van der Waals surface area contributed by atoms with Gasteiger partial charge in [0, 0.05) is 19.5 Å². The maximum absolute atomic E-state index is 12.1. The first-order chi connectivity index (χ1) is 10.6. The van der Waals surface area contributed by atoms with Gasteiger partial charge in [0.1, 0.15) is 0 Å². The topological polar surface area (TPSA) is 86.7 Å². The first-order valence-corrected chi connectivity index (χ1v) is 8.33. The minimum atomic E-state index is -0.848. The minimum absolute atomic E-state index is 0.0160. The Balaban J connectivity index is 1.70. The number of carbonyl (C=O) groups excluding carboxylic acids is 2. The summed E-state index contributed by atoms with van der Waals surface area (Å²) >= 11 is 0.